The van der Waals surface area contributed by atoms with E-state index in [1.807, 2.05) is 0 Å². The number of carbonyl (C=O) groups is 1. The topological polar surface area (TPSA) is 66.5 Å². The maximum Gasteiger partial charge on any atom is 0.243 e. The minimum absolute atomic E-state index is 0.121. The normalized spacial score (nSPS) is 13.4. The predicted octanol–water partition coefficient (Wildman–Crippen LogP) is 3.14. The Morgan fingerprint density at radius 3 is 2.50 bits per heavy atom. The summed E-state index contributed by atoms with van der Waals surface area (Å²) in [5.74, 6) is 0.424. The van der Waals surface area contributed by atoms with Crippen molar-refractivity contribution in [2.45, 2.75) is 38.5 Å². The molecular formula is C16H25ClN2O3S2. The van der Waals surface area contributed by atoms with E-state index in [1.54, 1.807) is 36.9 Å². The fourth-order valence-corrected chi connectivity index (χ4v) is 4.27. The van der Waals surface area contributed by atoms with Gasteiger partial charge in [0.15, 0.2) is 0 Å². The smallest absolute Gasteiger partial charge is 0.243 e. The van der Waals surface area contributed by atoms with Crippen LogP contribution in [0.1, 0.15) is 27.7 Å². The van der Waals surface area contributed by atoms with Crippen molar-refractivity contribution < 1.29 is 13.2 Å². The fraction of sp³-hybridized carbons (Fsp3) is 0.562. The average molecular weight is 393 g/mol. The Morgan fingerprint density at radius 1 is 1.38 bits per heavy atom. The first-order valence-electron chi connectivity index (χ1n) is 7.58. The van der Waals surface area contributed by atoms with Crippen molar-refractivity contribution in [3.63, 3.8) is 0 Å². The number of hydrogen-bond acceptors (Lipinski definition) is 4. The number of halogens is 1. The van der Waals surface area contributed by atoms with Crippen LogP contribution in [0, 0.1) is 0 Å². The highest BCUT2D eigenvalue weighted by Crippen LogP contribution is 2.24. The molecule has 0 saturated heterocycles. The Labute approximate surface area is 154 Å². The average Bonchev–Trinajstić information content (AvgIpc) is 2.41. The number of benzene rings is 1. The van der Waals surface area contributed by atoms with Crippen LogP contribution < -0.4 is 9.62 Å². The van der Waals surface area contributed by atoms with Crippen LogP contribution in [0.3, 0.4) is 0 Å². The van der Waals surface area contributed by atoms with Crippen molar-refractivity contribution in [2.24, 2.45) is 0 Å². The molecule has 1 aromatic carbocycles. The van der Waals surface area contributed by atoms with Crippen molar-refractivity contribution >= 4 is 45.0 Å². The van der Waals surface area contributed by atoms with Crippen LogP contribution in [0.2, 0.25) is 5.02 Å². The second-order valence-corrected chi connectivity index (χ2v) is 10.7. The lowest BCUT2D eigenvalue weighted by Gasteiger charge is -2.28. The number of nitrogens with zero attached hydrogens (tertiary/aromatic N) is 1. The number of amides is 1. The summed E-state index contributed by atoms with van der Waals surface area (Å²) < 4.78 is 25.5. The lowest BCUT2D eigenvalue weighted by atomic mass is 10.2. The Balaban J connectivity index is 2.82. The number of nitrogens with one attached hydrogen (secondary N) is 1. The molecule has 24 heavy (non-hydrogen) atoms. The van der Waals surface area contributed by atoms with E-state index >= 15 is 0 Å². The molecule has 0 bridgehead atoms. The Bertz CT molecular complexity index is 672. The highest BCUT2D eigenvalue weighted by atomic mass is 35.5. The van der Waals surface area contributed by atoms with E-state index < -0.39 is 16.1 Å². The van der Waals surface area contributed by atoms with Crippen molar-refractivity contribution in [1.29, 1.82) is 0 Å². The quantitative estimate of drug-likeness (QED) is 0.724. The van der Waals surface area contributed by atoms with Gasteiger partial charge in [-0.3, -0.25) is 9.10 Å². The zero-order chi connectivity index (χ0) is 18.5. The lowest BCUT2D eigenvalue weighted by molar-refractivity contribution is -0.121. The SMILES string of the molecule is C[C@H](C(=O)NCCSC(C)(C)C)N(c1cccc(Cl)c1)S(C)(=O)=O. The summed E-state index contributed by atoms with van der Waals surface area (Å²) in [7, 11) is -3.62. The fourth-order valence-electron chi connectivity index (χ4n) is 2.10. The van der Waals surface area contributed by atoms with E-state index in [0.29, 0.717) is 17.3 Å². The molecule has 1 aromatic rings. The van der Waals surface area contributed by atoms with Gasteiger partial charge in [0.1, 0.15) is 6.04 Å². The first-order chi connectivity index (χ1) is 10.9. The molecule has 8 heteroatoms. The summed E-state index contributed by atoms with van der Waals surface area (Å²) in [5.41, 5.74) is 0.372. The molecule has 0 aliphatic carbocycles. The van der Waals surface area contributed by atoms with Crippen LogP contribution in [-0.2, 0) is 14.8 Å². The number of hydrogen-bond donors (Lipinski definition) is 1. The van der Waals surface area contributed by atoms with E-state index in [9.17, 15) is 13.2 Å². The Morgan fingerprint density at radius 2 is 2.00 bits per heavy atom. The van der Waals surface area contributed by atoms with Gasteiger partial charge in [-0.15, -0.1) is 0 Å². The largest absolute Gasteiger partial charge is 0.353 e. The Hall–Kier alpha value is -0.920. The van der Waals surface area contributed by atoms with Gasteiger partial charge < -0.3 is 5.32 Å². The van der Waals surface area contributed by atoms with Crippen LogP contribution >= 0.6 is 23.4 Å². The van der Waals surface area contributed by atoms with Gasteiger partial charge >= 0.3 is 0 Å². The number of rotatable bonds is 7. The van der Waals surface area contributed by atoms with Crippen LogP contribution in [0.15, 0.2) is 24.3 Å². The van der Waals surface area contributed by atoms with Gasteiger partial charge in [0.2, 0.25) is 15.9 Å². The molecule has 0 aliphatic heterocycles. The number of carbonyl (C=O) groups excluding carboxylic acids is 1. The lowest BCUT2D eigenvalue weighted by Crippen LogP contribution is -2.48. The Kier molecular flexibility index (Phi) is 7.44. The van der Waals surface area contributed by atoms with Gasteiger partial charge in [0, 0.05) is 22.1 Å². The maximum absolute atomic E-state index is 12.4. The second-order valence-electron chi connectivity index (χ2n) is 6.47. The molecule has 0 saturated carbocycles. The van der Waals surface area contributed by atoms with Crippen molar-refractivity contribution in [3.05, 3.63) is 29.3 Å². The predicted molar refractivity (Wildman–Crippen MR) is 103 cm³/mol. The van der Waals surface area contributed by atoms with Crippen molar-refractivity contribution in [2.75, 3.05) is 22.9 Å². The minimum atomic E-state index is -3.62. The van der Waals surface area contributed by atoms with Gasteiger partial charge in [-0.1, -0.05) is 38.4 Å². The molecule has 0 unspecified atom stereocenters. The monoisotopic (exact) mass is 392 g/mol. The summed E-state index contributed by atoms with van der Waals surface area (Å²) in [6, 6.07) is 5.59. The van der Waals surface area contributed by atoms with Gasteiger partial charge in [0.25, 0.3) is 0 Å². The third kappa shape index (κ3) is 6.91. The highest BCUT2D eigenvalue weighted by Gasteiger charge is 2.29. The molecule has 1 amide bonds. The third-order valence-electron chi connectivity index (χ3n) is 3.09. The first-order valence-corrected chi connectivity index (χ1v) is 10.8. The standard InChI is InChI=1S/C16H25ClN2O3S2/c1-12(15(20)18-9-10-23-16(2,3)4)19(24(5,21)22)14-8-6-7-13(17)11-14/h6-8,11-12H,9-10H2,1-5H3,(H,18,20)/t12-/m1/s1. The van der Waals surface area contributed by atoms with Crippen LogP contribution in [0.25, 0.3) is 0 Å². The summed E-state index contributed by atoms with van der Waals surface area (Å²) >= 11 is 7.68. The number of anilines is 1. The van der Waals surface area contributed by atoms with Crippen LogP contribution in [0.5, 0.6) is 0 Å². The molecule has 0 aromatic heterocycles. The van der Waals surface area contributed by atoms with Crippen molar-refractivity contribution in [1.82, 2.24) is 5.32 Å². The van der Waals surface area contributed by atoms with Crippen molar-refractivity contribution in [3.8, 4) is 0 Å². The van der Waals surface area contributed by atoms with Gasteiger partial charge in [-0.2, -0.15) is 11.8 Å². The molecule has 0 spiro atoms. The van der Waals surface area contributed by atoms with Crippen LogP contribution in [0.4, 0.5) is 5.69 Å². The summed E-state index contributed by atoms with van der Waals surface area (Å²) in [6.07, 6.45) is 1.08. The summed E-state index contributed by atoms with van der Waals surface area (Å²) in [4.78, 5) is 12.4. The maximum atomic E-state index is 12.4. The zero-order valence-corrected chi connectivity index (χ0v) is 17.1. The highest BCUT2D eigenvalue weighted by molar-refractivity contribution is 8.00. The van der Waals surface area contributed by atoms with E-state index in [-0.39, 0.29) is 10.7 Å². The molecule has 1 rings (SSSR count). The van der Waals surface area contributed by atoms with E-state index in [2.05, 4.69) is 26.1 Å². The molecule has 0 aliphatic rings. The van der Waals surface area contributed by atoms with Gasteiger partial charge in [-0.25, -0.2) is 8.42 Å². The molecule has 0 radical (unpaired) electrons. The van der Waals surface area contributed by atoms with Crippen LogP contribution in [-0.4, -0.2) is 43.7 Å². The van der Waals surface area contributed by atoms with E-state index in [0.717, 1.165) is 16.3 Å². The molecule has 5 nitrogen and oxygen atoms in total. The summed E-state index contributed by atoms with van der Waals surface area (Å²) in [5, 5.41) is 3.21. The molecular weight excluding hydrogens is 368 g/mol. The van der Waals surface area contributed by atoms with E-state index in [4.69, 9.17) is 11.6 Å². The van der Waals surface area contributed by atoms with Gasteiger partial charge in [-0.05, 0) is 25.1 Å². The zero-order valence-electron chi connectivity index (χ0n) is 14.7. The van der Waals surface area contributed by atoms with E-state index in [1.165, 1.54) is 6.07 Å². The molecule has 1 atom stereocenters. The number of thioether (sulfide) groups is 1. The summed E-state index contributed by atoms with van der Waals surface area (Å²) in [6.45, 7) is 8.36. The van der Waals surface area contributed by atoms with Gasteiger partial charge in [0.05, 0.1) is 11.9 Å². The molecule has 0 heterocycles. The second kappa shape index (κ2) is 8.45. The first kappa shape index (κ1) is 21.1. The minimum Gasteiger partial charge on any atom is -0.353 e. The molecule has 136 valence electrons. The number of sulfonamides is 1. The molecule has 0 fully saturated rings. The molecule has 1 N–H and O–H groups in total. The third-order valence-corrected chi connectivity index (χ3v) is 5.84.